The fraction of sp³-hybridized carbons (Fsp3) is 0.0588. The summed E-state index contributed by atoms with van der Waals surface area (Å²) in [6.45, 7) is 5.38. The van der Waals surface area contributed by atoms with Gasteiger partial charge in [0.05, 0.1) is 5.02 Å². The van der Waals surface area contributed by atoms with Crippen LogP contribution in [0.25, 0.3) is 16.8 Å². The Morgan fingerprint density at radius 1 is 1.44 bits per heavy atom. The van der Waals surface area contributed by atoms with E-state index in [1.165, 1.54) is 24.5 Å². The molecule has 0 atom stereocenters. The molecule has 0 fully saturated rings. The van der Waals surface area contributed by atoms with Gasteiger partial charge in [0.2, 0.25) is 0 Å². The molecule has 0 saturated heterocycles. The lowest BCUT2D eigenvalue weighted by Gasteiger charge is -2.06. The molecule has 0 spiro atoms. The smallest absolute Gasteiger partial charge is 0.193 e. The van der Waals surface area contributed by atoms with Crippen molar-refractivity contribution in [2.75, 3.05) is 5.73 Å². The highest BCUT2D eigenvalue weighted by molar-refractivity contribution is 6.33. The Balaban J connectivity index is 2.18. The van der Waals surface area contributed by atoms with E-state index < -0.39 is 5.82 Å². The van der Waals surface area contributed by atoms with E-state index in [2.05, 4.69) is 26.8 Å². The Hall–Kier alpha value is -3.06. The summed E-state index contributed by atoms with van der Waals surface area (Å²) >= 11 is 6.12. The first-order valence-corrected chi connectivity index (χ1v) is 7.59. The number of benzene rings is 1. The third-order valence-electron chi connectivity index (χ3n) is 3.58. The van der Waals surface area contributed by atoms with Gasteiger partial charge in [0, 0.05) is 22.9 Å². The molecule has 0 aliphatic carbocycles. The van der Waals surface area contributed by atoms with E-state index in [0.717, 1.165) is 0 Å². The van der Waals surface area contributed by atoms with Gasteiger partial charge in [-0.3, -0.25) is 4.99 Å². The Labute approximate surface area is 147 Å². The Morgan fingerprint density at radius 3 is 2.88 bits per heavy atom. The molecule has 0 amide bonds. The maximum atomic E-state index is 13.3. The molecular formula is C17H13ClFN5O. The molecule has 0 bridgehead atoms. The lowest BCUT2D eigenvalue weighted by atomic mass is 10.0. The van der Waals surface area contributed by atoms with Crippen LogP contribution in [0.3, 0.4) is 0 Å². The van der Waals surface area contributed by atoms with Gasteiger partial charge < -0.3 is 10.3 Å². The molecule has 2 heterocycles. The third-order valence-corrected chi connectivity index (χ3v) is 3.89. The zero-order chi connectivity index (χ0) is 18.0. The minimum atomic E-state index is -0.450. The molecule has 3 aromatic rings. The molecule has 0 unspecified atom stereocenters. The van der Waals surface area contributed by atoms with Gasteiger partial charge in [-0.2, -0.15) is 0 Å². The predicted octanol–water partition coefficient (Wildman–Crippen LogP) is 4.29. The first kappa shape index (κ1) is 16.8. The predicted molar refractivity (Wildman–Crippen MR) is 95.3 cm³/mol. The number of hydrogen-bond acceptors (Lipinski definition) is 6. The summed E-state index contributed by atoms with van der Waals surface area (Å²) in [6.07, 6.45) is 4.70. The Morgan fingerprint density at radius 2 is 2.24 bits per heavy atom. The van der Waals surface area contributed by atoms with E-state index in [1.807, 2.05) is 6.92 Å². The topological polar surface area (TPSA) is 90.2 Å². The van der Waals surface area contributed by atoms with E-state index in [0.29, 0.717) is 33.8 Å². The number of halogens is 2. The lowest BCUT2D eigenvalue weighted by Crippen LogP contribution is -1.98. The summed E-state index contributed by atoms with van der Waals surface area (Å²) < 4.78 is 18.8. The van der Waals surface area contributed by atoms with E-state index in [1.54, 1.807) is 12.3 Å². The first-order chi connectivity index (χ1) is 12.1. The number of hydrogen-bond donors (Lipinski definition) is 1. The minimum Gasteiger partial charge on any atom is -0.383 e. The van der Waals surface area contributed by atoms with Crippen LogP contribution in [-0.2, 0) is 0 Å². The van der Waals surface area contributed by atoms with Crippen LogP contribution in [0.15, 0.2) is 46.3 Å². The molecule has 0 saturated carbocycles. The standard InChI is InChI=1S/C17H13ClFN5O/c1-3-10(12-7-22-8-23-17(12)20)16-15(21-2)14(24-25-16)11-5-4-9(19)6-13(11)18/h3-8H,2H2,1H3,(H2,20,22,23). The van der Waals surface area contributed by atoms with Crippen LogP contribution in [0.4, 0.5) is 15.9 Å². The van der Waals surface area contributed by atoms with Crippen LogP contribution in [0.1, 0.15) is 18.2 Å². The number of nitrogens with zero attached hydrogens (tertiary/aromatic N) is 4. The van der Waals surface area contributed by atoms with Crippen molar-refractivity contribution in [1.29, 1.82) is 0 Å². The normalized spacial score (nSPS) is 11.6. The highest BCUT2D eigenvalue weighted by Gasteiger charge is 2.23. The van der Waals surface area contributed by atoms with Gasteiger partial charge in [0.1, 0.15) is 29.3 Å². The number of nitrogen functional groups attached to an aromatic ring is 1. The monoisotopic (exact) mass is 357 g/mol. The summed E-state index contributed by atoms with van der Waals surface area (Å²) in [5.74, 6) is 0.180. The maximum absolute atomic E-state index is 13.3. The van der Waals surface area contributed by atoms with Crippen molar-refractivity contribution in [2.45, 2.75) is 6.92 Å². The number of aromatic nitrogens is 3. The van der Waals surface area contributed by atoms with Crippen molar-refractivity contribution in [3.8, 4) is 11.3 Å². The highest BCUT2D eigenvalue weighted by atomic mass is 35.5. The third kappa shape index (κ3) is 3.01. The van der Waals surface area contributed by atoms with Crippen molar-refractivity contribution in [3.63, 3.8) is 0 Å². The molecule has 1 aromatic carbocycles. The van der Waals surface area contributed by atoms with Crippen LogP contribution in [0, 0.1) is 5.82 Å². The Bertz CT molecular complexity index is 983. The average Bonchev–Trinajstić information content (AvgIpc) is 3.01. The van der Waals surface area contributed by atoms with Crippen molar-refractivity contribution in [2.24, 2.45) is 4.99 Å². The van der Waals surface area contributed by atoms with Gasteiger partial charge in [-0.1, -0.05) is 22.8 Å². The second kappa shape index (κ2) is 6.82. The molecule has 8 heteroatoms. The van der Waals surface area contributed by atoms with Crippen LogP contribution in [-0.4, -0.2) is 21.8 Å². The van der Waals surface area contributed by atoms with Crippen molar-refractivity contribution in [1.82, 2.24) is 15.1 Å². The van der Waals surface area contributed by atoms with Crippen molar-refractivity contribution >= 4 is 35.4 Å². The average molecular weight is 358 g/mol. The van der Waals surface area contributed by atoms with Crippen LogP contribution in [0.2, 0.25) is 5.02 Å². The molecule has 0 aliphatic heterocycles. The number of nitrogens with two attached hydrogens (primary N) is 1. The summed E-state index contributed by atoms with van der Waals surface area (Å²) in [5, 5.41) is 4.22. The maximum Gasteiger partial charge on any atom is 0.193 e. The van der Waals surface area contributed by atoms with Crippen LogP contribution >= 0.6 is 11.6 Å². The zero-order valence-corrected chi connectivity index (χ0v) is 14.0. The number of aliphatic imine (C=N–C) groups is 1. The molecule has 0 radical (unpaired) electrons. The van der Waals surface area contributed by atoms with Crippen molar-refractivity contribution in [3.05, 3.63) is 59.0 Å². The second-order valence-corrected chi connectivity index (χ2v) is 5.42. The number of rotatable bonds is 4. The van der Waals surface area contributed by atoms with Gasteiger partial charge in [-0.25, -0.2) is 14.4 Å². The molecule has 0 aliphatic rings. The van der Waals surface area contributed by atoms with Gasteiger partial charge in [0.25, 0.3) is 0 Å². The molecule has 6 nitrogen and oxygen atoms in total. The van der Waals surface area contributed by atoms with E-state index in [4.69, 9.17) is 21.9 Å². The molecule has 2 N–H and O–H groups in total. The molecule has 2 aromatic heterocycles. The summed E-state index contributed by atoms with van der Waals surface area (Å²) in [5.41, 5.74) is 8.30. The summed E-state index contributed by atoms with van der Waals surface area (Å²) in [7, 11) is 0. The summed E-state index contributed by atoms with van der Waals surface area (Å²) in [6, 6.07) is 3.98. The molecule has 3 rings (SSSR count). The molecular weight excluding hydrogens is 345 g/mol. The second-order valence-electron chi connectivity index (χ2n) is 5.02. The van der Waals surface area contributed by atoms with Gasteiger partial charge in [0.15, 0.2) is 5.76 Å². The Kier molecular flexibility index (Phi) is 4.58. The SMILES string of the molecule is C=Nc1c(-c2ccc(F)cc2Cl)noc1C(=CC)c1cncnc1N. The molecule has 126 valence electrons. The van der Waals surface area contributed by atoms with Crippen molar-refractivity contribution < 1.29 is 8.91 Å². The quantitative estimate of drug-likeness (QED) is 0.703. The lowest BCUT2D eigenvalue weighted by molar-refractivity contribution is 0.413. The first-order valence-electron chi connectivity index (χ1n) is 7.21. The van der Waals surface area contributed by atoms with Gasteiger partial charge in [-0.15, -0.1) is 0 Å². The molecule has 25 heavy (non-hydrogen) atoms. The largest absolute Gasteiger partial charge is 0.383 e. The highest BCUT2D eigenvalue weighted by Crippen LogP contribution is 2.41. The fourth-order valence-electron chi connectivity index (χ4n) is 2.42. The van der Waals surface area contributed by atoms with Gasteiger partial charge >= 0.3 is 0 Å². The fourth-order valence-corrected chi connectivity index (χ4v) is 2.68. The summed E-state index contributed by atoms with van der Waals surface area (Å²) in [4.78, 5) is 12.0. The van der Waals surface area contributed by atoms with E-state index in [9.17, 15) is 4.39 Å². The van der Waals surface area contributed by atoms with Gasteiger partial charge in [-0.05, 0) is 31.8 Å². The number of anilines is 1. The zero-order valence-electron chi connectivity index (χ0n) is 13.2. The van der Waals surface area contributed by atoms with Crippen LogP contribution in [0.5, 0.6) is 0 Å². The van der Waals surface area contributed by atoms with Crippen LogP contribution < -0.4 is 5.73 Å². The van der Waals surface area contributed by atoms with E-state index in [-0.39, 0.29) is 10.8 Å². The minimum absolute atomic E-state index is 0.189. The number of allylic oxidation sites excluding steroid dienone is 1. The van der Waals surface area contributed by atoms with E-state index >= 15 is 0 Å².